The van der Waals surface area contributed by atoms with Crippen molar-refractivity contribution < 1.29 is 0 Å². The van der Waals surface area contributed by atoms with E-state index in [-0.39, 0.29) is 6.04 Å². The van der Waals surface area contributed by atoms with Crippen molar-refractivity contribution >= 4 is 15.9 Å². The van der Waals surface area contributed by atoms with Crippen molar-refractivity contribution in [1.82, 2.24) is 20.1 Å². The van der Waals surface area contributed by atoms with Gasteiger partial charge in [-0.15, -0.1) is 0 Å². The van der Waals surface area contributed by atoms with Gasteiger partial charge in [0.2, 0.25) is 0 Å². The third-order valence-corrected chi connectivity index (χ3v) is 3.11. The first-order valence-corrected chi connectivity index (χ1v) is 6.23. The summed E-state index contributed by atoms with van der Waals surface area (Å²) in [5.41, 5.74) is 2.39. The third-order valence-electron chi connectivity index (χ3n) is 2.68. The Kier molecular flexibility index (Phi) is 3.91. The second-order valence-corrected chi connectivity index (χ2v) is 4.92. The minimum Gasteiger partial charge on any atom is -0.313 e. The number of pyridine rings is 1. The molecule has 90 valence electrons. The molecule has 2 rings (SSSR count). The summed E-state index contributed by atoms with van der Waals surface area (Å²) >= 11 is 3.43. The van der Waals surface area contributed by atoms with Crippen LogP contribution in [0.2, 0.25) is 0 Å². The number of rotatable bonds is 4. The summed E-state index contributed by atoms with van der Waals surface area (Å²) in [6, 6.07) is 2.35. The fraction of sp³-hybridized carbons (Fsp3) is 0.333. The van der Waals surface area contributed by atoms with Crippen LogP contribution in [0.5, 0.6) is 0 Å². The topological polar surface area (TPSA) is 42.7 Å². The molecule has 1 unspecified atom stereocenters. The van der Waals surface area contributed by atoms with Crippen molar-refractivity contribution in [2.75, 3.05) is 7.05 Å². The Labute approximate surface area is 109 Å². The van der Waals surface area contributed by atoms with E-state index < -0.39 is 0 Å². The molecular formula is C12H15BrN4. The molecule has 2 aromatic heterocycles. The van der Waals surface area contributed by atoms with E-state index in [0.717, 1.165) is 10.9 Å². The van der Waals surface area contributed by atoms with Gasteiger partial charge in [0, 0.05) is 41.7 Å². The quantitative estimate of drug-likeness (QED) is 0.939. The Hall–Kier alpha value is -1.20. The number of likely N-dealkylation sites (N-methyl/N-ethyl adjacent to an activating group) is 1. The standard InChI is InChI=1S/C12H15BrN4/c1-14-12(10-6-16-17(2)8-10)4-9-3-11(13)7-15-5-9/h3,5-8,12,14H,4H2,1-2H3. The van der Waals surface area contributed by atoms with Crippen molar-refractivity contribution in [3.05, 3.63) is 46.5 Å². The zero-order valence-electron chi connectivity index (χ0n) is 9.89. The molecule has 0 radical (unpaired) electrons. The number of halogens is 1. The first-order valence-electron chi connectivity index (χ1n) is 5.44. The van der Waals surface area contributed by atoms with E-state index in [1.54, 1.807) is 6.20 Å². The molecule has 0 saturated heterocycles. The third kappa shape index (κ3) is 3.14. The molecule has 0 bridgehead atoms. The summed E-state index contributed by atoms with van der Waals surface area (Å²) in [5.74, 6) is 0. The number of nitrogens with zero attached hydrogens (tertiary/aromatic N) is 3. The summed E-state index contributed by atoms with van der Waals surface area (Å²) in [5, 5.41) is 7.50. The van der Waals surface area contributed by atoms with Gasteiger partial charge >= 0.3 is 0 Å². The lowest BCUT2D eigenvalue weighted by atomic mass is 10.0. The summed E-state index contributed by atoms with van der Waals surface area (Å²) in [6.45, 7) is 0. The molecule has 0 aliphatic heterocycles. The maximum Gasteiger partial charge on any atom is 0.0537 e. The SMILES string of the molecule is CNC(Cc1cncc(Br)c1)c1cnn(C)c1. The number of hydrogen-bond donors (Lipinski definition) is 1. The Balaban J connectivity index is 2.15. The second-order valence-electron chi connectivity index (χ2n) is 4.00. The first-order chi connectivity index (χ1) is 8.19. The Morgan fingerprint density at radius 3 is 2.82 bits per heavy atom. The van der Waals surface area contributed by atoms with Gasteiger partial charge in [-0.3, -0.25) is 9.67 Å². The monoisotopic (exact) mass is 294 g/mol. The predicted molar refractivity (Wildman–Crippen MR) is 70.6 cm³/mol. The lowest BCUT2D eigenvalue weighted by Crippen LogP contribution is -2.18. The van der Waals surface area contributed by atoms with Crippen molar-refractivity contribution in [2.45, 2.75) is 12.5 Å². The first kappa shape index (κ1) is 12.3. The molecule has 17 heavy (non-hydrogen) atoms. The van der Waals surface area contributed by atoms with E-state index in [1.165, 1.54) is 11.1 Å². The Bertz CT molecular complexity index is 495. The van der Waals surface area contributed by atoms with Crippen LogP contribution in [0.4, 0.5) is 0 Å². The van der Waals surface area contributed by atoms with Gasteiger partial charge in [0.05, 0.1) is 6.20 Å². The van der Waals surface area contributed by atoms with Gasteiger partial charge in [0.25, 0.3) is 0 Å². The Morgan fingerprint density at radius 1 is 1.41 bits per heavy atom. The van der Waals surface area contributed by atoms with Crippen molar-refractivity contribution in [1.29, 1.82) is 0 Å². The van der Waals surface area contributed by atoms with E-state index in [2.05, 4.69) is 37.4 Å². The fourth-order valence-corrected chi connectivity index (χ4v) is 2.22. The zero-order valence-corrected chi connectivity index (χ0v) is 11.5. The van der Waals surface area contributed by atoms with E-state index in [0.29, 0.717) is 0 Å². The molecule has 1 N–H and O–H groups in total. The molecule has 0 aliphatic rings. The predicted octanol–water partition coefficient (Wildman–Crippen LogP) is 2.08. The maximum atomic E-state index is 4.20. The molecule has 0 aromatic carbocycles. The molecule has 0 aliphatic carbocycles. The molecule has 1 atom stereocenters. The van der Waals surface area contributed by atoms with E-state index >= 15 is 0 Å². The van der Waals surface area contributed by atoms with Crippen LogP contribution in [0.15, 0.2) is 35.3 Å². The molecule has 2 aromatic rings. The van der Waals surface area contributed by atoms with Crippen LogP contribution in [0, 0.1) is 0 Å². The zero-order chi connectivity index (χ0) is 12.3. The van der Waals surface area contributed by atoms with Crippen LogP contribution in [0.3, 0.4) is 0 Å². The van der Waals surface area contributed by atoms with E-state index in [1.807, 2.05) is 37.4 Å². The average Bonchev–Trinajstić information content (AvgIpc) is 2.73. The smallest absolute Gasteiger partial charge is 0.0537 e. The fourth-order valence-electron chi connectivity index (χ4n) is 1.81. The lowest BCUT2D eigenvalue weighted by Gasteiger charge is -2.14. The number of aromatic nitrogens is 3. The van der Waals surface area contributed by atoms with Gasteiger partial charge < -0.3 is 5.32 Å². The minimum atomic E-state index is 0.264. The van der Waals surface area contributed by atoms with Crippen LogP contribution in [-0.4, -0.2) is 21.8 Å². The number of aryl methyl sites for hydroxylation is 1. The van der Waals surface area contributed by atoms with Gasteiger partial charge in [-0.05, 0) is 41.0 Å². The van der Waals surface area contributed by atoms with Crippen LogP contribution in [0.25, 0.3) is 0 Å². The highest BCUT2D eigenvalue weighted by molar-refractivity contribution is 9.10. The van der Waals surface area contributed by atoms with Gasteiger partial charge in [0.1, 0.15) is 0 Å². The van der Waals surface area contributed by atoms with Gasteiger partial charge in [0.15, 0.2) is 0 Å². The van der Waals surface area contributed by atoms with Gasteiger partial charge in [-0.2, -0.15) is 5.10 Å². The maximum absolute atomic E-state index is 4.20. The average molecular weight is 295 g/mol. The summed E-state index contributed by atoms with van der Waals surface area (Å²) < 4.78 is 2.83. The normalized spacial score (nSPS) is 12.6. The van der Waals surface area contributed by atoms with Crippen LogP contribution < -0.4 is 5.32 Å². The van der Waals surface area contributed by atoms with Gasteiger partial charge in [-0.25, -0.2) is 0 Å². The van der Waals surface area contributed by atoms with Crippen LogP contribution in [-0.2, 0) is 13.5 Å². The molecule has 0 amide bonds. The molecule has 2 heterocycles. The van der Waals surface area contributed by atoms with Crippen molar-refractivity contribution in [3.8, 4) is 0 Å². The van der Waals surface area contributed by atoms with E-state index in [4.69, 9.17) is 0 Å². The number of nitrogens with one attached hydrogen (secondary N) is 1. The van der Waals surface area contributed by atoms with Crippen molar-refractivity contribution in [3.63, 3.8) is 0 Å². The summed E-state index contributed by atoms with van der Waals surface area (Å²) in [7, 11) is 3.89. The highest BCUT2D eigenvalue weighted by Crippen LogP contribution is 2.19. The van der Waals surface area contributed by atoms with Gasteiger partial charge in [-0.1, -0.05) is 0 Å². The summed E-state index contributed by atoms with van der Waals surface area (Å²) in [6.07, 6.45) is 8.52. The highest BCUT2D eigenvalue weighted by Gasteiger charge is 2.12. The molecule has 0 saturated carbocycles. The molecule has 0 fully saturated rings. The Morgan fingerprint density at radius 2 is 2.24 bits per heavy atom. The second kappa shape index (κ2) is 5.42. The minimum absolute atomic E-state index is 0.264. The van der Waals surface area contributed by atoms with E-state index in [9.17, 15) is 0 Å². The summed E-state index contributed by atoms with van der Waals surface area (Å²) in [4.78, 5) is 4.17. The molecular weight excluding hydrogens is 280 g/mol. The van der Waals surface area contributed by atoms with Crippen LogP contribution >= 0.6 is 15.9 Å². The lowest BCUT2D eigenvalue weighted by molar-refractivity contribution is 0.590. The molecule has 4 nitrogen and oxygen atoms in total. The van der Waals surface area contributed by atoms with Crippen molar-refractivity contribution in [2.24, 2.45) is 7.05 Å². The molecule has 5 heteroatoms. The highest BCUT2D eigenvalue weighted by atomic mass is 79.9. The number of hydrogen-bond acceptors (Lipinski definition) is 3. The molecule has 0 spiro atoms. The van der Waals surface area contributed by atoms with Crippen LogP contribution in [0.1, 0.15) is 17.2 Å². The largest absolute Gasteiger partial charge is 0.313 e.